The fraction of sp³-hybridized carbons (Fsp3) is 0. The van der Waals surface area contributed by atoms with Crippen LogP contribution in [0.1, 0.15) is 0 Å². The molecular formula is C49H28N4OS. The van der Waals surface area contributed by atoms with Crippen LogP contribution in [0.2, 0.25) is 0 Å². The first-order valence-corrected chi connectivity index (χ1v) is 19.2. The Bertz CT molecular complexity index is 3430. The summed E-state index contributed by atoms with van der Waals surface area (Å²) in [5, 5.41) is 9.20. The minimum atomic E-state index is 0.612. The number of rotatable bonds is 4. The lowest BCUT2D eigenvalue weighted by molar-refractivity contribution is 0.672. The zero-order valence-electron chi connectivity index (χ0n) is 29.3. The summed E-state index contributed by atoms with van der Waals surface area (Å²) in [7, 11) is 0. The van der Waals surface area contributed by atoms with Gasteiger partial charge in [0.2, 0.25) is 0 Å². The van der Waals surface area contributed by atoms with E-state index in [0.29, 0.717) is 17.5 Å². The molecule has 5 nitrogen and oxygen atoms in total. The van der Waals surface area contributed by atoms with Gasteiger partial charge in [0, 0.05) is 69.5 Å². The van der Waals surface area contributed by atoms with Gasteiger partial charge >= 0.3 is 0 Å². The highest BCUT2D eigenvalue weighted by molar-refractivity contribution is 7.26. The van der Waals surface area contributed by atoms with Gasteiger partial charge in [0.15, 0.2) is 17.5 Å². The van der Waals surface area contributed by atoms with Gasteiger partial charge in [0.05, 0.1) is 11.0 Å². The monoisotopic (exact) mass is 720 g/mol. The molecule has 55 heavy (non-hydrogen) atoms. The second-order valence-electron chi connectivity index (χ2n) is 14.0. The molecule has 256 valence electrons. The number of nitrogens with zero attached hydrogens (tertiary/aromatic N) is 4. The molecule has 0 N–H and O–H groups in total. The Kier molecular flexibility index (Phi) is 6.44. The van der Waals surface area contributed by atoms with E-state index in [1.165, 1.54) is 36.5 Å². The highest BCUT2D eigenvalue weighted by Gasteiger charge is 2.22. The van der Waals surface area contributed by atoms with Crippen LogP contribution in [0, 0.1) is 0 Å². The third-order valence-corrected chi connectivity index (χ3v) is 12.0. The predicted octanol–water partition coefficient (Wildman–Crippen LogP) is 13.4. The fourth-order valence-corrected chi connectivity index (χ4v) is 9.51. The lowest BCUT2D eigenvalue weighted by Gasteiger charge is -2.13. The summed E-state index contributed by atoms with van der Waals surface area (Å²) in [5.41, 5.74) is 7.87. The second kappa shape index (κ2) is 11.7. The molecule has 0 spiro atoms. The number of aromatic nitrogens is 4. The largest absolute Gasteiger partial charge is 0.455 e. The van der Waals surface area contributed by atoms with Crippen molar-refractivity contribution in [3.63, 3.8) is 0 Å². The summed E-state index contributed by atoms with van der Waals surface area (Å²) in [6.45, 7) is 0. The van der Waals surface area contributed by atoms with Crippen molar-refractivity contribution in [1.82, 2.24) is 19.5 Å². The minimum Gasteiger partial charge on any atom is -0.455 e. The molecule has 4 heterocycles. The molecule has 0 aliphatic heterocycles. The normalized spacial score (nSPS) is 12.0. The molecule has 8 aromatic carbocycles. The number of hydrogen-bond acceptors (Lipinski definition) is 5. The number of fused-ring (bicyclic) bond motifs is 12. The molecule has 0 radical (unpaired) electrons. The summed E-state index contributed by atoms with van der Waals surface area (Å²) in [6.07, 6.45) is 0. The van der Waals surface area contributed by atoms with Gasteiger partial charge in [-0.1, -0.05) is 121 Å². The van der Waals surface area contributed by atoms with Crippen molar-refractivity contribution in [2.75, 3.05) is 0 Å². The summed E-state index contributed by atoms with van der Waals surface area (Å²) in [4.78, 5) is 15.3. The van der Waals surface area contributed by atoms with Gasteiger partial charge in [-0.05, 0) is 53.9 Å². The van der Waals surface area contributed by atoms with Crippen molar-refractivity contribution in [3.8, 4) is 39.9 Å². The van der Waals surface area contributed by atoms with Crippen LogP contribution in [0.4, 0.5) is 0 Å². The smallest absolute Gasteiger partial charge is 0.164 e. The molecule has 0 saturated heterocycles. The zero-order valence-corrected chi connectivity index (χ0v) is 30.1. The summed E-state index contributed by atoms with van der Waals surface area (Å²) >= 11 is 1.86. The number of furan rings is 1. The van der Waals surface area contributed by atoms with Gasteiger partial charge in [0.1, 0.15) is 11.2 Å². The van der Waals surface area contributed by atoms with E-state index >= 15 is 0 Å². The third-order valence-electron chi connectivity index (χ3n) is 10.8. The van der Waals surface area contributed by atoms with E-state index in [4.69, 9.17) is 19.4 Å². The van der Waals surface area contributed by atoms with Crippen LogP contribution in [0.5, 0.6) is 0 Å². The van der Waals surface area contributed by atoms with Crippen molar-refractivity contribution in [2.24, 2.45) is 0 Å². The van der Waals surface area contributed by atoms with Gasteiger partial charge in [-0.15, -0.1) is 11.3 Å². The van der Waals surface area contributed by atoms with Crippen molar-refractivity contribution in [1.29, 1.82) is 0 Å². The average molecular weight is 721 g/mol. The molecule has 0 saturated carbocycles. The number of para-hydroxylation sites is 2. The van der Waals surface area contributed by atoms with Gasteiger partial charge in [-0.25, -0.2) is 15.0 Å². The zero-order chi connectivity index (χ0) is 36.0. The van der Waals surface area contributed by atoms with Crippen molar-refractivity contribution < 1.29 is 4.42 Å². The molecule has 4 aromatic heterocycles. The Hall–Kier alpha value is -7.15. The van der Waals surface area contributed by atoms with E-state index in [-0.39, 0.29) is 0 Å². The van der Waals surface area contributed by atoms with Gasteiger partial charge in [-0.2, -0.15) is 0 Å². The molecule has 12 aromatic rings. The third kappa shape index (κ3) is 4.55. The minimum absolute atomic E-state index is 0.612. The molecule has 12 rings (SSSR count). The molecular weight excluding hydrogens is 693 g/mol. The SMILES string of the molecule is c1ccc(-c2nc(-c3ccccc3)nc(-c3cc4c5ccccc5oc4c4cc(-n5c6ccccc6c6c7c(ccc65)sc5ccccc57)ccc34)n2)cc1. The van der Waals surface area contributed by atoms with Crippen LogP contribution in [0.3, 0.4) is 0 Å². The maximum absolute atomic E-state index is 6.72. The number of hydrogen-bond donors (Lipinski definition) is 0. The van der Waals surface area contributed by atoms with E-state index in [1.54, 1.807) is 0 Å². The number of thiophene rings is 1. The standard InChI is InChI=1S/C49H28N4OS/c1-3-13-29(14-4-1)47-50-48(30-15-5-2-6-16-30)52-49(51-47)38-28-37-33-17-8-11-21-41(33)54-46(37)36-27-31(23-24-32(36)38)53-39-20-10-7-18-34(39)44-40(53)25-26-43-45(44)35-19-9-12-22-42(35)55-43/h1-28H. The van der Waals surface area contributed by atoms with E-state index in [2.05, 4.69) is 102 Å². The van der Waals surface area contributed by atoms with Crippen LogP contribution in [-0.2, 0) is 0 Å². The maximum atomic E-state index is 6.72. The molecule has 0 bridgehead atoms. The Morgan fingerprint density at radius 3 is 1.84 bits per heavy atom. The fourth-order valence-electron chi connectivity index (χ4n) is 8.39. The van der Waals surface area contributed by atoms with Crippen LogP contribution in [0.25, 0.3) is 115 Å². The lowest BCUT2D eigenvalue weighted by Crippen LogP contribution is -2.01. The topological polar surface area (TPSA) is 56.7 Å². The van der Waals surface area contributed by atoms with Crippen molar-refractivity contribution in [3.05, 3.63) is 170 Å². The first kappa shape index (κ1) is 30.3. The Morgan fingerprint density at radius 1 is 0.418 bits per heavy atom. The first-order chi connectivity index (χ1) is 27.3. The number of benzene rings is 8. The van der Waals surface area contributed by atoms with Crippen LogP contribution < -0.4 is 0 Å². The van der Waals surface area contributed by atoms with Gasteiger partial charge < -0.3 is 8.98 Å². The Morgan fingerprint density at radius 2 is 1.05 bits per heavy atom. The maximum Gasteiger partial charge on any atom is 0.164 e. The highest BCUT2D eigenvalue weighted by atomic mass is 32.1. The van der Waals surface area contributed by atoms with Crippen molar-refractivity contribution in [2.45, 2.75) is 0 Å². The molecule has 6 heteroatoms. The van der Waals surface area contributed by atoms with Crippen LogP contribution in [0.15, 0.2) is 174 Å². The van der Waals surface area contributed by atoms with Gasteiger partial charge in [-0.3, -0.25) is 0 Å². The predicted molar refractivity (Wildman–Crippen MR) is 228 cm³/mol. The van der Waals surface area contributed by atoms with Gasteiger partial charge in [0.25, 0.3) is 0 Å². The highest BCUT2D eigenvalue weighted by Crippen LogP contribution is 2.45. The second-order valence-corrected chi connectivity index (χ2v) is 15.0. The molecule has 0 fully saturated rings. The summed E-state index contributed by atoms with van der Waals surface area (Å²) in [5.74, 6) is 1.87. The van der Waals surface area contributed by atoms with E-state index in [1.807, 2.05) is 84.1 Å². The Labute approximate surface area is 318 Å². The van der Waals surface area contributed by atoms with E-state index < -0.39 is 0 Å². The summed E-state index contributed by atoms with van der Waals surface area (Å²) < 4.78 is 11.7. The summed E-state index contributed by atoms with van der Waals surface area (Å²) in [6, 6.07) is 59.5. The average Bonchev–Trinajstić information content (AvgIpc) is 3.93. The molecule has 0 aliphatic carbocycles. The van der Waals surface area contributed by atoms with Crippen LogP contribution in [-0.4, -0.2) is 19.5 Å². The molecule has 0 aliphatic rings. The lowest BCUT2D eigenvalue weighted by atomic mass is 9.98. The van der Waals surface area contributed by atoms with Crippen molar-refractivity contribution >= 4 is 86.0 Å². The Balaban J connectivity index is 1.17. The quantitative estimate of drug-likeness (QED) is 0.182. The van der Waals surface area contributed by atoms with Crippen LogP contribution >= 0.6 is 11.3 Å². The molecule has 0 atom stereocenters. The molecule has 0 unspecified atom stereocenters. The van der Waals surface area contributed by atoms with E-state index in [0.717, 1.165) is 60.6 Å². The molecule has 0 amide bonds. The first-order valence-electron chi connectivity index (χ1n) is 18.4. The van der Waals surface area contributed by atoms with E-state index in [9.17, 15) is 0 Å².